The lowest BCUT2D eigenvalue weighted by Gasteiger charge is -2.15. The third-order valence-corrected chi connectivity index (χ3v) is 5.63. The molecule has 0 aliphatic rings. The maximum atomic E-state index is 4.62. The number of rotatable bonds is 7. The molecule has 1 atom stereocenters. The fraction of sp³-hybridized carbons (Fsp3) is 0.400. The van der Waals surface area contributed by atoms with Gasteiger partial charge in [-0.1, -0.05) is 25.1 Å². The Kier molecular flexibility index (Phi) is 6.28. The highest BCUT2D eigenvalue weighted by atomic mass is 32.1. The quantitative estimate of drug-likeness (QED) is 0.379. The van der Waals surface area contributed by atoms with Crippen molar-refractivity contribution in [2.24, 2.45) is 4.99 Å². The van der Waals surface area contributed by atoms with Crippen LogP contribution in [0.4, 0.5) is 0 Å². The minimum atomic E-state index is 0.480. The van der Waals surface area contributed by atoms with E-state index >= 15 is 0 Å². The van der Waals surface area contributed by atoms with Crippen molar-refractivity contribution in [2.45, 2.75) is 32.7 Å². The number of nitrogens with zero attached hydrogens (tertiary/aromatic N) is 3. The second kappa shape index (κ2) is 8.85. The molecule has 3 aromatic rings. The van der Waals surface area contributed by atoms with Gasteiger partial charge in [-0.2, -0.15) is 0 Å². The van der Waals surface area contributed by atoms with E-state index in [1.165, 1.54) is 10.4 Å². The highest BCUT2D eigenvalue weighted by molar-refractivity contribution is 7.10. The minimum Gasteiger partial charge on any atom is -0.356 e. The zero-order chi connectivity index (χ0) is 18.4. The molecule has 2 heterocycles. The highest BCUT2D eigenvalue weighted by Crippen LogP contribution is 2.19. The van der Waals surface area contributed by atoms with Gasteiger partial charge in [0, 0.05) is 37.5 Å². The zero-order valence-corrected chi connectivity index (χ0v) is 16.5. The predicted molar refractivity (Wildman–Crippen MR) is 111 cm³/mol. The number of hydrogen-bond donors (Lipinski definition) is 2. The molecule has 0 spiro atoms. The van der Waals surface area contributed by atoms with Gasteiger partial charge in [0.25, 0.3) is 0 Å². The molecule has 0 radical (unpaired) electrons. The number of imidazole rings is 1. The molecule has 0 aliphatic carbocycles. The molecule has 3 rings (SSSR count). The van der Waals surface area contributed by atoms with Gasteiger partial charge in [0.2, 0.25) is 0 Å². The molecule has 0 saturated carbocycles. The summed E-state index contributed by atoms with van der Waals surface area (Å²) in [7, 11) is 1.82. The van der Waals surface area contributed by atoms with Crippen molar-refractivity contribution in [3.8, 4) is 0 Å². The van der Waals surface area contributed by atoms with Crippen molar-refractivity contribution < 1.29 is 0 Å². The number of thiophene rings is 1. The first kappa shape index (κ1) is 18.5. The van der Waals surface area contributed by atoms with Crippen molar-refractivity contribution >= 4 is 28.3 Å². The first-order valence-corrected chi connectivity index (χ1v) is 9.97. The monoisotopic (exact) mass is 369 g/mol. The predicted octanol–water partition coefficient (Wildman–Crippen LogP) is 3.77. The highest BCUT2D eigenvalue weighted by Gasteiger charge is 2.08. The SMILES string of the molecule is CN=C(NCCCn1c(C)nc2ccccc21)NCC(C)c1cccs1. The molecular formula is C20H27N5S. The Morgan fingerprint density at radius 2 is 2.08 bits per heavy atom. The number of guanidine groups is 1. The van der Waals surface area contributed by atoms with Crippen LogP contribution in [0.2, 0.25) is 0 Å². The summed E-state index contributed by atoms with van der Waals surface area (Å²) in [5.74, 6) is 2.41. The molecule has 138 valence electrons. The Bertz CT molecular complexity index is 850. The Labute approximate surface area is 159 Å². The molecule has 0 saturated heterocycles. The van der Waals surface area contributed by atoms with Gasteiger partial charge in [0.1, 0.15) is 5.82 Å². The average molecular weight is 370 g/mol. The summed E-state index contributed by atoms with van der Waals surface area (Å²) in [4.78, 5) is 10.3. The van der Waals surface area contributed by atoms with Crippen LogP contribution in [0.1, 0.15) is 30.0 Å². The van der Waals surface area contributed by atoms with Gasteiger partial charge < -0.3 is 15.2 Å². The summed E-state index contributed by atoms with van der Waals surface area (Å²) < 4.78 is 2.28. The number of nitrogens with one attached hydrogen (secondary N) is 2. The minimum absolute atomic E-state index is 0.480. The number of benzene rings is 1. The molecule has 0 amide bonds. The van der Waals surface area contributed by atoms with Gasteiger partial charge in [-0.3, -0.25) is 4.99 Å². The Morgan fingerprint density at radius 1 is 1.23 bits per heavy atom. The standard InChI is InChI=1S/C20H27N5S/c1-15(19-10-6-13-26-19)14-23-20(21-3)22-11-7-12-25-16(2)24-17-8-4-5-9-18(17)25/h4-6,8-10,13,15H,7,11-12,14H2,1-3H3,(H2,21,22,23). The second-order valence-corrected chi connectivity index (χ2v) is 7.43. The van der Waals surface area contributed by atoms with Gasteiger partial charge >= 0.3 is 0 Å². The van der Waals surface area contributed by atoms with Crippen LogP contribution in [0.25, 0.3) is 11.0 Å². The molecule has 6 heteroatoms. The normalized spacial score (nSPS) is 13.1. The topological polar surface area (TPSA) is 54.2 Å². The molecule has 2 N–H and O–H groups in total. The van der Waals surface area contributed by atoms with Crippen molar-refractivity contribution in [3.05, 3.63) is 52.5 Å². The van der Waals surface area contributed by atoms with Crippen LogP contribution in [0.15, 0.2) is 46.8 Å². The van der Waals surface area contributed by atoms with E-state index in [1.807, 2.05) is 13.1 Å². The fourth-order valence-electron chi connectivity index (χ4n) is 3.06. The van der Waals surface area contributed by atoms with Gasteiger partial charge in [0.15, 0.2) is 5.96 Å². The van der Waals surface area contributed by atoms with Gasteiger partial charge in [0.05, 0.1) is 11.0 Å². The van der Waals surface area contributed by atoms with Gasteiger partial charge in [-0.25, -0.2) is 4.98 Å². The summed E-state index contributed by atoms with van der Waals surface area (Å²) in [5, 5.41) is 8.95. The van der Waals surface area contributed by atoms with Crippen LogP contribution >= 0.6 is 11.3 Å². The third kappa shape index (κ3) is 4.43. The van der Waals surface area contributed by atoms with E-state index in [0.717, 1.165) is 43.4 Å². The second-order valence-electron chi connectivity index (χ2n) is 6.45. The van der Waals surface area contributed by atoms with Crippen molar-refractivity contribution in [3.63, 3.8) is 0 Å². The van der Waals surface area contributed by atoms with Crippen LogP contribution in [-0.4, -0.2) is 35.6 Å². The summed E-state index contributed by atoms with van der Waals surface area (Å²) >= 11 is 1.80. The Balaban J connectivity index is 1.45. The number of hydrogen-bond acceptors (Lipinski definition) is 3. The lowest BCUT2D eigenvalue weighted by molar-refractivity contribution is 0.621. The number of aliphatic imine (C=N–C) groups is 1. The van der Waals surface area contributed by atoms with Crippen LogP contribution < -0.4 is 10.6 Å². The maximum absolute atomic E-state index is 4.62. The first-order valence-electron chi connectivity index (χ1n) is 9.09. The zero-order valence-electron chi connectivity index (χ0n) is 15.7. The molecule has 0 bridgehead atoms. The van der Waals surface area contributed by atoms with E-state index < -0.39 is 0 Å². The molecule has 0 aliphatic heterocycles. The smallest absolute Gasteiger partial charge is 0.190 e. The lowest BCUT2D eigenvalue weighted by atomic mass is 10.1. The summed E-state index contributed by atoms with van der Waals surface area (Å²) in [5.41, 5.74) is 2.27. The van der Waals surface area contributed by atoms with E-state index in [2.05, 4.69) is 74.7 Å². The van der Waals surface area contributed by atoms with Crippen molar-refractivity contribution in [2.75, 3.05) is 20.1 Å². The number of aryl methyl sites for hydroxylation is 2. The van der Waals surface area contributed by atoms with Crippen LogP contribution in [0, 0.1) is 6.92 Å². The number of para-hydroxylation sites is 2. The Hall–Kier alpha value is -2.34. The number of fused-ring (bicyclic) bond motifs is 1. The van der Waals surface area contributed by atoms with E-state index in [4.69, 9.17) is 0 Å². The molecule has 0 fully saturated rings. The molecule has 1 aromatic carbocycles. The largest absolute Gasteiger partial charge is 0.356 e. The van der Waals surface area contributed by atoms with E-state index in [-0.39, 0.29) is 0 Å². The van der Waals surface area contributed by atoms with Crippen molar-refractivity contribution in [1.82, 2.24) is 20.2 Å². The van der Waals surface area contributed by atoms with Crippen molar-refractivity contribution in [1.29, 1.82) is 0 Å². The van der Waals surface area contributed by atoms with Crippen LogP contribution in [-0.2, 0) is 6.54 Å². The molecular weight excluding hydrogens is 342 g/mol. The lowest BCUT2D eigenvalue weighted by Crippen LogP contribution is -2.39. The Morgan fingerprint density at radius 3 is 2.85 bits per heavy atom. The van der Waals surface area contributed by atoms with Crippen LogP contribution in [0.3, 0.4) is 0 Å². The summed E-state index contributed by atoms with van der Waals surface area (Å²) in [6.45, 7) is 7.01. The maximum Gasteiger partial charge on any atom is 0.190 e. The van der Waals surface area contributed by atoms with E-state index in [9.17, 15) is 0 Å². The fourth-order valence-corrected chi connectivity index (χ4v) is 3.85. The third-order valence-electron chi connectivity index (χ3n) is 4.52. The van der Waals surface area contributed by atoms with Crippen LogP contribution in [0.5, 0.6) is 0 Å². The van der Waals surface area contributed by atoms with E-state index in [1.54, 1.807) is 11.3 Å². The van der Waals surface area contributed by atoms with Gasteiger partial charge in [-0.15, -0.1) is 11.3 Å². The summed E-state index contributed by atoms with van der Waals surface area (Å²) in [6.07, 6.45) is 1.02. The molecule has 5 nitrogen and oxygen atoms in total. The molecule has 1 unspecified atom stereocenters. The van der Waals surface area contributed by atoms with E-state index in [0.29, 0.717) is 5.92 Å². The number of aromatic nitrogens is 2. The molecule has 2 aromatic heterocycles. The first-order chi connectivity index (χ1) is 12.7. The summed E-state index contributed by atoms with van der Waals surface area (Å²) in [6, 6.07) is 12.6. The molecule has 26 heavy (non-hydrogen) atoms. The van der Waals surface area contributed by atoms with Gasteiger partial charge in [-0.05, 0) is 36.9 Å². The average Bonchev–Trinajstić information content (AvgIpc) is 3.29.